The van der Waals surface area contributed by atoms with Crippen LogP contribution in [0.15, 0.2) is 52.4 Å². The number of benzene rings is 2. The van der Waals surface area contributed by atoms with Gasteiger partial charge in [0, 0.05) is 25.7 Å². The molecule has 2 aromatic carbocycles. The van der Waals surface area contributed by atoms with Gasteiger partial charge in [0.15, 0.2) is 5.96 Å². The van der Waals surface area contributed by atoms with E-state index in [2.05, 4.69) is 15.6 Å². The average molecular weight is 391 g/mol. The van der Waals surface area contributed by atoms with Crippen LogP contribution >= 0.6 is 0 Å². The van der Waals surface area contributed by atoms with Crippen molar-refractivity contribution in [2.24, 2.45) is 10.1 Å². The lowest BCUT2D eigenvalue weighted by Gasteiger charge is -2.15. The lowest BCUT2D eigenvalue weighted by Crippen LogP contribution is -2.36. The molecule has 0 unspecified atom stereocenters. The average Bonchev–Trinajstić information content (AvgIpc) is 2.63. The van der Waals surface area contributed by atoms with Gasteiger partial charge in [0.25, 0.3) is 0 Å². The number of nitrogens with zero attached hydrogens (tertiary/aromatic N) is 1. The second kappa shape index (κ2) is 9.38. The van der Waals surface area contributed by atoms with Crippen LogP contribution in [0.3, 0.4) is 0 Å². The maximum absolute atomic E-state index is 11.5. The highest BCUT2D eigenvalue weighted by atomic mass is 32.2. The predicted molar refractivity (Wildman–Crippen MR) is 107 cm³/mol. The van der Waals surface area contributed by atoms with Crippen LogP contribution in [-0.2, 0) is 23.1 Å². The van der Waals surface area contributed by atoms with Gasteiger partial charge in [-0.25, -0.2) is 13.6 Å². The Labute approximate surface area is 160 Å². The van der Waals surface area contributed by atoms with E-state index in [-0.39, 0.29) is 4.90 Å². The molecule has 0 aliphatic carbocycles. The molecule has 2 rings (SSSR count). The van der Waals surface area contributed by atoms with Crippen molar-refractivity contribution in [3.8, 4) is 5.75 Å². The summed E-state index contributed by atoms with van der Waals surface area (Å²) in [7, 11) is -2.04. The molecule has 0 aliphatic heterocycles. The van der Waals surface area contributed by atoms with E-state index in [1.807, 2.05) is 38.1 Å². The second-order valence-electron chi connectivity index (χ2n) is 6.02. The van der Waals surface area contributed by atoms with Crippen LogP contribution in [0.2, 0.25) is 0 Å². The molecule has 0 fully saturated rings. The Morgan fingerprint density at radius 1 is 1.15 bits per heavy atom. The number of aryl methyl sites for hydroxylation is 1. The van der Waals surface area contributed by atoms with Gasteiger partial charge in [0.05, 0.1) is 11.5 Å². The molecule has 4 N–H and O–H groups in total. The SMILES string of the molecule is CCOc1cc(C)ccc1CNC(=NC)NCc1cccc(S(N)(=O)=O)c1. The molecule has 0 saturated heterocycles. The Hall–Kier alpha value is -2.58. The van der Waals surface area contributed by atoms with Crippen molar-refractivity contribution in [2.45, 2.75) is 31.8 Å². The van der Waals surface area contributed by atoms with Crippen LogP contribution in [0, 0.1) is 6.92 Å². The zero-order valence-corrected chi connectivity index (χ0v) is 16.6. The van der Waals surface area contributed by atoms with E-state index in [9.17, 15) is 8.42 Å². The molecule has 0 spiro atoms. The maximum atomic E-state index is 11.5. The molecule has 27 heavy (non-hydrogen) atoms. The van der Waals surface area contributed by atoms with Gasteiger partial charge in [-0.2, -0.15) is 0 Å². The van der Waals surface area contributed by atoms with Gasteiger partial charge in [0.1, 0.15) is 5.75 Å². The molecular formula is C19H26N4O3S. The van der Waals surface area contributed by atoms with E-state index in [4.69, 9.17) is 9.88 Å². The predicted octanol–water partition coefficient (Wildman–Crippen LogP) is 1.91. The van der Waals surface area contributed by atoms with Crippen LogP contribution in [0.5, 0.6) is 5.75 Å². The minimum absolute atomic E-state index is 0.0887. The van der Waals surface area contributed by atoms with Crippen molar-refractivity contribution in [2.75, 3.05) is 13.7 Å². The molecule has 0 aromatic heterocycles. The molecule has 7 nitrogen and oxygen atoms in total. The van der Waals surface area contributed by atoms with Gasteiger partial charge >= 0.3 is 0 Å². The Bertz CT molecular complexity index is 911. The zero-order chi connectivity index (χ0) is 19.9. The van der Waals surface area contributed by atoms with Crippen LogP contribution in [0.25, 0.3) is 0 Å². The van der Waals surface area contributed by atoms with E-state index in [1.165, 1.54) is 6.07 Å². The first kappa shape index (κ1) is 20.7. The monoisotopic (exact) mass is 390 g/mol. The molecule has 0 saturated carbocycles. The summed E-state index contributed by atoms with van der Waals surface area (Å²) in [6.07, 6.45) is 0. The fourth-order valence-electron chi connectivity index (χ4n) is 2.52. The zero-order valence-electron chi connectivity index (χ0n) is 15.8. The summed E-state index contributed by atoms with van der Waals surface area (Å²) in [5.41, 5.74) is 2.95. The van der Waals surface area contributed by atoms with E-state index in [0.717, 1.165) is 22.4 Å². The number of rotatable bonds is 7. The number of aliphatic imine (C=N–C) groups is 1. The van der Waals surface area contributed by atoms with Crippen LogP contribution < -0.4 is 20.5 Å². The smallest absolute Gasteiger partial charge is 0.238 e. The summed E-state index contributed by atoms with van der Waals surface area (Å²) in [6.45, 7) is 5.54. The quantitative estimate of drug-likeness (QED) is 0.495. The highest BCUT2D eigenvalue weighted by Crippen LogP contribution is 2.20. The fourth-order valence-corrected chi connectivity index (χ4v) is 3.10. The summed E-state index contributed by atoms with van der Waals surface area (Å²) in [5, 5.41) is 11.6. The summed E-state index contributed by atoms with van der Waals surface area (Å²) in [5.74, 6) is 1.44. The number of ether oxygens (including phenoxy) is 1. The lowest BCUT2D eigenvalue weighted by molar-refractivity contribution is 0.336. The van der Waals surface area contributed by atoms with Crippen molar-refractivity contribution in [3.05, 3.63) is 59.2 Å². The number of hydrogen-bond acceptors (Lipinski definition) is 4. The molecule has 0 atom stereocenters. The molecule has 0 aliphatic rings. The maximum Gasteiger partial charge on any atom is 0.238 e. The number of guanidine groups is 1. The normalized spacial score (nSPS) is 11.9. The molecule has 8 heteroatoms. The Kier molecular flexibility index (Phi) is 7.20. The first-order valence-electron chi connectivity index (χ1n) is 8.62. The van der Waals surface area contributed by atoms with Crippen LogP contribution in [0.4, 0.5) is 0 Å². The standard InChI is InChI=1S/C19H26N4O3S/c1-4-26-18-10-14(2)8-9-16(18)13-23-19(21-3)22-12-15-6-5-7-17(11-15)27(20,24)25/h5-11H,4,12-13H2,1-3H3,(H2,20,24,25)(H2,21,22,23). The van der Waals surface area contributed by atoms with Gasteiger partial charge in [-0.1, -0.05) is 24.3 Å². The minimum Gasteiger partial charge on any atom is -0.494 e. The van der Waals surface area contributed by atoms with Crippen molar-refractivity contribution in [1.29, 1.82) is 0 Å². The minimum atomic E-state index is -3.72. The summed E-state index contributed by atoms with van der Waals surface area (Å²) >= 11 is 0. The molecule has 0 bridgehead atoms. The largest absolute Gasteiger partial charge is 0.494 e. The number of sulfonamides is 1. The van der Waals surface area contributed by atoms with Crippen molar-refractivity contribution >= 4 is 16.0 Å². The van der Waals surface area contributed by atoms with Crippen LogP contribution in [0.1, 0.15) is 23.6 Å². The summed E-state index contributed by atoms with van der Waals surface area (Å²) < 4.78 is 28.6. The third-order valence-electron chi connectivity index (χ3n) is 3.88. The highest BCUT2D eigenvalue weighted by molar-refractivity contribution is 7.89. The van der Waals surface area contributed by atoms with Gasteiger partial charge < -0.3 is 15.4 Å². The molecule has 2 aromatic rings. The number of primary sulfonamides is 1. The molecule has 0 radical (unpaired) electrons. The summed E-state index contributed by atoms with van der Waals surface area (Å²) in [6, 6.07) is 12.6. The number of hydrogen-bond donors (Lipinski definition) is 3. The first-order chi connectivity index (χ1) is 12.8. The Morgan fingerprint density at radius 3 is 2.56 bits per heavy atom. The molecule has 146 valence electrons. The van der Waals surface area contributed by atoms with Crippen molar-refractivity contribution in [1.82, 2.24) is 10.6 Å². The van der Waals surface area contributed by atoms with Crippen molar-refractivity contribution in [3.63, 3.8) is 0 Å². The third-order valence-corrected chi connectivity index (χ3v) is 4.79. The fraction of sp³-hybridized carbons (Fsp3) is 0.316. The second-order valence-corrected chi connectivity index (χ2v) is 7.58. The third kappa shape index (κ3) is 6.26. The topological polar surface area (TPSA) is 106 Å². The lowest BCUT2D eigenvalue weighted by atomic mass is 10.1. The highest BCUT2D eigenvalue weighted by Gasteiger charge is 2.09. The van der Waals surface area contributed by atoms with E-state index in [0.29, 0.717) is 25.7 Å². The van der Waals surface area contributed by atoms with Gasteiger partial charge in [-0.15, -0.1) is 0 Å². The van der Waals surface area contributed by atoms with Crippen LogP contribution in [-0.4, -0.2) is 28.0 Å². The number of nitrogens with two attached hydrogens (primary N) is 1. The Balaban J connectivity index is 1.99. The van der Waals surface area contributed by atoms with Gasteiger partial charge in [-0.05, 0) is 43.2 Å². The van der Waals surface area contributed by atoms with E-state index < -0.39 is 10.0 Å². The van der Waals surface area contributed by atoms with Gasteiger partial charge in [0.2, 0.25) is 10.0 Å². The first-order valence-corrected chi connectivity index (χ1v) is 10.2. The molecule has 0 heterocycles. The van der Waals surface area contributed by atoms with Gasteiger partial charge in [-0.3, -0.25) is 4.99 Å². The number of nitrogens with one attached hydrogen (secondary N) is 2. The Morgan fingerprint density at radius 2 is 1.89 bits per heavy atom. The van der Waals surface area contributed by atoms with Crippen molar-refractivity contribution < 1.29 is 13.2 Å². The summed E-state index contributed by atoms with van der Waals surface area (Å²) in [4.78, 5) is 4.28. The van der Waals surface area contributed by atoms with E-state index >= 15 is 0 Å². The molecular weight excluding hydrogens is 364 g/mol. The molecule has 0 amide bonds. The van der Waals surface area contributed by atoms with E-state index in [1.54, 1.807) is 19.2 Å².